The van der Waals surface area contributed by atoms with Gasteiger partial charge in [-0.05, 0) is 48.2 Å². The minimum absolute atomic E-state index is 0.0395. The third-order valence-electron chi connectivity index (χ3n) is 4.92. The summed E-state index contributed by atoms with van der Waals surface area (Å²) < 4.78 is 5.80. The highest BCUT2D eigenvalue weighted by atomic mass is 35.5. The molecular formula is C26H26ClNO3. The number of hydrogen-bond donors (Lipinski definition) is 1. The molecule has 31 heavy (non-hydrogen) atoms. The fraction of sp³-hybridized carbons (Fsp3) is 0.231. The van der Waals surface area contributed by atoms with Crippen molar-refractivity contribution in [2.75, 3.05) is 5.32 Å². The van der Waals surface area contributed by atoms with Gasteiger partial charge in [0.2, 0.25) is 0 Å². The number of carbonyl (C=O) groups is 2. The fourth-order valence-corrected chi connectivity index (χ4v) is 3.26. The van der Waals surface area contributed by atoms with Gasteiger partial charge in [0.1, 0.15) is 5.75 Å². The predicted octanol–water partition coefficient (Wildman–Crippen LogP) is 6.27. The van der Waals surface area contributed by atoms with E-state index in [4.69, 9.17) is 16.3 Å². The second kappa shape index (κ2) is 9.36. The van der Waals surface area contributed by atoms with E-state index >= 15 is 0 Å². The van der Waals surface area contributed by atoms with Crippen molar-refractivity contribution in [3.8, 4) is 5.75 Å². The lowest BCUT2D eigenvalue weighted by Gasteiger charge is -2.20. The predicted molar refractivity (Wildman–Crippen MR) is 125 cm³/mol. The maximum absolute atomic E-state index is 12.9. The van der Waals surface area contributed by atoms with E-state index in [9.17, 15) is 9.59 Å². The Kier molecular flexibility index (Phi) is 6.81. The van der Waals surface area contributed by atoms with Gasteiger partial charge < -0.3 is 10.1 Å². The number of hydrogen-bond acceptors (Lipinski definition) is 3. The van der Waals surface area contributed by atoms with E-state index in [1.165, 1.54) is 5.56 Å². The summed E-state index contributed by atoms with van der Waals surface area (Å²) in [6, 6.07) is 21.4. The van der Waals surface area contributed by atoms with Crippen molar-refractivity contribution in [2.24, 2.45) is 0 Å². The molecule has 3 rings (SSSR count). The zero-order chi connectivity index (χ0) is 22.6. The van der Waals surface area contributed by atoms with Crippen LogP contribution >= 0.6 is 11.6 Å². The summed E-state index contributed by atoms with van der Waals surface area (Å²) in [6.45, 7) is 8.08. The Balaban J connectivity index is 1.75. The monoisotopic (exact) mass is 435 g/mol. The molecule has 4 nitrogen and oxygen atoms in total. The Labute approximate surface area is 188 Å². The number of ether oxygens (including phenoxy) is 1. The summed E-state index contributed by atoms with van der Waals surface area (Å²) in [7, 11) is 0. The molecule has 0 heterocycles. The van der Waals surface area contributed by atoms with Gasteiger partial charge >= 0.3 is 0 Å². The Morgan fingerprint density at radius 2 is 1.58 bits per heavy atom. The van der Waals surface area contributed by atoms with Gasteiger partial charge in [-0.1, -0.05) is 74.8 Å². The molecule has 5 heteroatoms. The first-order valence-corrected chi connectivity index (χ1v) is 10.5. The van der Waals surface area contributed by atoms with Crippen LogP contribution in [0.5, 0.6) is 5.75 Å². The molecule has 0 spiro atoms. The molecule has 0 fully saturated rings. The minimum Gasteiger partial charge on any atom is -0.481 e. The number of amides is 1. The Hall–Kier alpha value is -3.11. The molecule has 0 aliphatic carbocycles. The van der Waals surface area contributed by atoms with Crippen molar-refractivity contribution in [1.29, 1.82) is 0 Å². The van der Waals surface area contributed by atoms with E-state index in [2.05, 4.69) is 26.1 Å². The lowest BCUT2D eigenvalue weighted by Crippen LogP contribution is -2.30. The first kappa shape index (κ1) is 22.6. The Morgan fingerprint density at radius 3 is 2.19 bits per heavy atom. The summed E-state index contributed by atoms with van der Waals surface area (Å²) in [5.74, 6) is 0.0291. The maximum atomic E-state index is 12.9. The molecule has 1 amide bonds. The second-order valence-electron chi connectivity index (χ2n) is 8.41. The van der Waals surface area contributed by atoms with Gasteiger partial charge in [0.15, 0.2) is 11.9 Å². The van der Waals surface area contributed by atoms with Gasteiger partial charge in [-0.25, -0.2) is 0 Å². The molecular weight excluding hydrogens is 410 g/mol. The van der Waals surface area contributed by atoms with Crippen molar-refractivity contribution in [1.82, 2.24) is 0 Å². The van der Waals surface area contributed by atoms with Crippen LogP contribution in [0.3, 0.4) is 0 Å². The quantitative estimate of drug-likeness (QED) is 0.464. The number of rotatable bonds is 6. The standard InChI is InChI=1S/C26H26ClNO3/c1-17(31-21-13-10-19(11-14-21)26(2,3)4)25(30)28-23-15-12-20(27)16-22(23)24(29)18-8-6-5-7-9-18/h5-17H,1-4H3,(H,28,30)/t17-/m1/s1. The molecule has 3 aromatic rings. The van der Waals surface area contributed by atoms with Gasteiger partial charge in [-0.15, -0.1) is 0 Å². The molecule has 0 bridgehead atoms. The molecule has 0 radical (unpaired) electrons. The molecule has 3 aromatic carbocycles. The average Bonchev–Trinajstić information content (AvgIpc) is 2.74. The van der Waals surface area contributed by atoms with Gasteiger partial charge in [-0.2, -0.15) is 0 Å². The molecule has 0 saturated carbocycles. The largest absolute Gasteiger partial charge is 0.481 e. The van der Waals surface area contributed by atoms with Crippen molar-refractivity contribution in [2.45, 2.75) is 39.2 Å². The van der Waals surface area contributed by atoms with Crippen LogP contribution in [-0.2, 0) is 10.2 Å². The highest BCUT2D eigenvalue weighted by Crippen LogP contribution is 2.26. The molecule has 1 atom stereocenters. The van der Waals surface area contributed by atoms with Gasteiger partial charge in [-0.3, -0.25) is 9.59 Å². The van der Waals surface area contributed by atoms with Crippen molar-refractivity contribution < 1.29 is 14.3 Å². The number of anilines is 1. The smallest absolute Gasteiger partial charge is 0.265 e. The van der Waals surface area contributed by atoms with E-state index in [0.29, 0.717) is 27.6 Å². The summed E-state index contributed by atoms with van der Waals surface area (Å²) >= 11 is 6.11. The van der Waals surface area contributed by atoms with Crippen LogP contribution in [0.1, 0.15) is 49.2 Å². The van der Waals surface area contributed by atoms with E-state index in [0.717, 1.165) is 0 Å². The van der Waals surface area contributed by atoms with Crippen LogP contribution in [0.25, 0.3) is 0 Å². The van der Waals surface area contributed by atoms with Crippen LogP contribution in [0.2, 0.25) is 5.02 Å². The third-order valence-corrected chi connectivity index (χ3v) is 5.16. The molecule has 0 saturated heterocycles. The Bertz CT molecular complexity index is 1070. The van der Waals surface area contributed by atoms with E-state index in [-0.39, 0.29) is 17.1 Å². The topological polar surface area (TPSA) is 55.4 Å². The number of ketones is 1. The average molecular weight is 436 g/mol. The molecule has 0 aliphatic heterocycles. The molecule has 0 aliphatic rings. The summed E-state index contributed by atoms with van der Waals surface area (Å²) in [4.78, 5) is 25.7. The summed E-state index contributed by atoms with van der Waals surface area (Å²) in [6.07, 6.45) is -0.754. The number of benzene rings is 3. The highest BCUT2D eigenvalue weighted by molar-refractivity contribution is 6.31. The van der Waals surface area contributed by atoms with Crippen LogP contribution in [-0.4, -0.2) is 17.8 Å². The Morgan fingerprint density at radius 1 is 0.935 bits per heavy atom. The summed E-state index contributed by atoms with van der Waals surface area (Å²) in [5.41, 5.74) is 2.46. The lowest BCUT2D eigenvalue weighted by atomic mass is 9.87. The maximum Gasteiger partial charge on any atom is 0.265 e. The SMILES string of the molecule is C[C@@H](Oc1ccc(C(C)(C)C)cc1)C(=O)Nc1ccc(Cl)cc1C(=O)c1ccccc1. The first-order valence-electron chi connectivity index (χ1n) is 10.1. The number of carbonyl (C=O) groups excluding carboxylic acids is 2. The first-order chi connectivity index (χ1) is 14.6. The van der Waals surface area contributed by atoms with E-state index in [1.807, 2.05) is 30.3 Å². The normalized spacial score (nSPS) is 12.2. The molecule has 160 valence electrons. The summed E-state index contributed by atoms with van der Waals surface area (Å²) in [5, 5.41) is 3.22. The van der Waals surface area contributed by atoms with Crippen molar-refractivity contribution >= 4 is 29.0 Å². The third kappa shape index (κ3) is 5.74. The molecule has 1 N–H and O–H groups in total. The van der Waals surface area contributed by atoms with Crippen molar-refractivity contribution in [3.63, 3.8) is 0 Å². The molecule has 0 unspecified atom stereocenters. The minimum atomic E-state index is -0.754. The van der Waals surface area contributed by atoms with Crippen LogP contribution in [0, 0.1) is 0 Å². The zero-order valence-electron chi connectivity index (χ0n) is 18.1. The number of halogens is 1. The number of nitrogens with one attached hydrogen (secondary N) is 1. The highest BCUT2D eigenvalue weighted by Gasteiger charge is 2.20. The van der Waals surface area contributed by atoms with Crippen LogP contribution in [0.15, 0.2) is 72.8 Å². The van der Waals surface area contributed by atoms with Crippen LogP contribution in [0.4, 0.5) is 5.69 Å². The van der Waals surface area contributed by atoms with Crippen molar-refractivity contribution in [3.05, 3.63) is 94.5 Å². The van der Waals surface area contributed by atoms with Crippen LogP contribution < -0.4 is 10.1 Å². The van der Waals surface area contributed by atoms with E-state index < -0.39 is 6.10 Å². The molecule has 0 aromatic heterocycles. The lowest BCUT2D eigenvalue weighted by molar-refractivity contribution is -0.122. The van der Waals surface area contributed by atoms with Gasteiger partial charge in [0.05, 0.1) is 5.69 Å². The second-order valence-corrected chi connectivity index (χ2v) is 8.85. The van der Waals surface area contributed by atoms with Gasteiger partial charge in [0, 0.05) is 16.1 Å². The van der Waals surface area contributed by atoms with Gasteiger partial charge in [0.25, 0.3) is 5.91 Å². The fourth-order valence-electron chi connectivity index (χ4n) is 3.08. The van der Waals surface area contributed by atoms with E-state index in [1.54, 1.807) is 49.4 Å². The zero-order valence-corrected chi connectivity index (χ0v) is 18.9.